The van der Waals surface area contributed by atoms with E-state index >= 15 is 0 Å². The van der Waals surface area contributed by atoms with Crippen molar-refractivity contribution in [3.05, 3.63) is 53.3 Å². The first-order chi connectivity index (χ1) is 11.1. The van der Waals surface area contributed by atoms with E-state index in [9.17, 15) is 4.79 Å². The van der Waals surface area contributed by atoms with E-state index < -0.39 is 0 Å². The predicted molar refractivity (Wildman–Crippen MR) is 93.7 cm³/mol. The molecule has 3 rings (SSSR count). The van der Waals surface area contributed by atoms with E-state index in [0.29, 0.717) is 0 Å². The molecule has 1 aliphatic heterocycles. The lowest BCUT2D eigenvalue weighted by Gasteiger charge is -2.37. The molecule has 1 N–H and O–H groups in total. The number of urea groups is 1. The fraction of sp³-hybridized carbons (Fsp3) is 0.421. The van der Waals surface area contributed by atoms with Crippen LogP contribution in [0.15, 0.2) is 36.5 Å². The number of anilines is 1. The van der Waals surface area contributed by atoms with Gasteiger partial charge in [0.05, 0.1) is 6.04 Å². The van der Waals surface area contributed by atoms with Gasteiger partial charge in [0.25, 0.3) is 0 Å². The van der Waals surface area contributed by atoms with E-state index in [0.717, 1.165) is 42.7 Å². The van der Waals surface area contributed by atoms with Crippen LogP contribution in [0.3, 0.4) is 0 Å². The zero-order valence-electron chi connectivity index (χ0n) is 14.2. The lowest BCUT2D eigenvalue weighted by Crippen LogP contribution is -2.44. The van der Waals surface area contributed by atoms with E-state index in [1.165, 1.54) is 5.69 Å². The van der Waals surface area contributed by atoms with Gasteiger partial charge in [-0.25, -0.2) is 4.79 Å². The minimum atomic E-state index is 0.00426. The molecule has 2 aromatic rings. The second-order valence-corrected chi connectivity index (χ2v) is 6.37. The van der Waals surface area contributed by atoms with Gasteiger partial charge in [-0.15, -0.1) is 0 Å². The molecule has 4 heteroatoms. The van der Waals surface area contributed by atoms with Crippen LogP contribution < -0.4 is 5.32 Å². The van der Waals surface area contributed by atoms with Crippen LogP contribution in [-0.2, 0) is 6.54 Å². The lowest BCUT2D eigenvalue weighted by molar-refractivity contribution is 0.163. The molecule has 1 atom stereocenters. The number of rotatable bonds is 3. The Morgan fingerprint density at radius 3 is 2.87 bits per heavy atom. The summed E-state index contributed by atoms with van der Waals surface area (Å²) >= 11 is 0. The summed E-state index contributed by atoms with van der Waals surface area (Å²) in [5, 5.41) is 3.11. The summed E-state index contributed by atoms with van der Waals surface area (Å²) in [4.78, 5) is 14.8. The molecule has 122 valence electrons. The van der Waals surface area contributed by atoms with Crippen molar-refractivity contribution in [2.24, 2.45) is 0 Å². The maximum Gasteiger partial charge on any atom is 0.322 e. The number of aromatic nitrogens is 1. The molecule has 1 aromatic heterocycles. The van der Waals surface area contributed by atoms with Crippen molar-refractivity contribution in [2.45, 2.75) is 46.2 Å². The Morgan fingerprint density at radius 1 is 1.26 bits per heavy atom. The van der Waals surface area contributed by atoms with Gasteiger partial charge in [0.1, 0.15) is 0 Å². The Hall–Kier alpha value is -2.23. The first-order valence-electron chi connectivity index (χ1n) is 8.40. The third-order valence-electron chi connectivity index (χ3n) is 4.62. The third kappa shape index (κ3) is 3.11. The molecular weight excluding hydrogens is 286 g/mol. The van der Waals surface area contributed by atoms with Gasteiger partial charge in [0.15, 0.2) is 0 Å². The number of carbonyl (C=O) groups is 1. The Kier molecular flexibility index (Phi) is 4.42. The van der Waals surface area contributed by atoms with Crippen LogP contribution in [0.25, 0.3) is 0 Å². The van der Waals surface area contributed by atoms with Crippen molar-refractivity contribution in [1.82, 2.24) is 9.47 Å². The maximum absolute atomic E-state index is 12.9. The van der Waals surface area contributed by atoms with Crippen molar-refractivity contribution in [3.8, 4) is 0 Å². The van der Waals surface area contributed by atoms with Gasteiger partial charge in [-0.1, -0.05) is 25.5 Å². The van der Waals surface area contributed by atoms with Crippen LogP contribution >= 0.6 is 0 Å². The largest absolute Gasteiger partial charge is 0.348 e. The van der Waals surface area contributed by atoms with E-state index in [-0.39, 0.29) is 12.1 Å². The highest BCUT2D eigenvalue weighted by atomic mass is 16.2. The molecule has 2 amide bonds. The molecule has 0 saturated carbocycles. The van der Waals surface area contributed by atoms with Crippen LogP contribution in [-0.4, -0.2) is 22.0 Å². The average molecular weight is 311 g/mol. The number of nitrogens with zero attached hydrogens (tertiary/aromatic N) is 2. The monoisotopic (exact) mass is 311 g/mol. The van der Waals surface area contributed by atoms with E-state index in [1.807, 2.05) is 24.8 Å². The highest BCUT2D eigenvalue weighted by Gasteiger charge is 2.30. The summed E-state index contributed by atoms with van der Waals surface area (Å²) in [6.45, 7) is 7.86. The minimum Gasteiger partial charge on any atom is -0.348 e. The molecule has 0 bridgehead atoms. The van der Waals surface area contributed by atoms with Crippen molar-refractivity contribution < 1.29 is 4.79 Å². The Balaban J connectivity index is 1.82. The molecule has 23 heavy (non-hydrogen) atoms. The SMILES string of the molecule is CCC[C@H]1c2cccn2CCN1C(=O)Nc1cc(C)ccc1C. The first kappa shape index (κ1) is 15.7. The highest BCUT2D eigenvalue weighted by molar-refractivity contribution is 5.90. The summed E-state index contributed by atoms with van der Waals surface area (Å²) < 4.78 is 2.27. The van der Waals surface area contributed by atoms with E-state index in [4.69, 9.17) is 0 Å². The number of benzene rings is 1. The summed E-state index contributed by atoms with van der Waals surface area (Å²) in [5.41, 5.74) is 4.40. The number of hydrogen-bond acceptors (Lipinski definition) is 1. The molecule has 2 heterocycles. The molecule has 0 aliphatic carbocycles. The van der Waals surface area contributed by atoms with Crippen molar-refractivity contribution >= 4 is 11.7 Å². The fourth-order valence-corrected chi connectivity index (χ4v) is 3.34. The topological polar surface area (TPSA) is 37.3 Å². The summed E-state index contributed by atoms with van der Waals surface area (Å²) in [5.74, 6) is 0. The Bertz CT molecular complexity index is 704. The number of aryl methyl sites for hydroxylation is 2. The van der Waals surface area contributed by atoms with Gasteiger partial charge in [-0.05, 0) is 49.6 Å². The zero-order chi connectivity index (χ0) is 16.4. The third-order valence-corrected chi connectivity index (χ3v) is 4.62. The standard InChI is InChI=1S/C19H25N3O/c1-4-6-18-17-7-5-10-21(17)11-12-22(18)19(23)20-16-13-14(2)8-9-15(16)3/h5,7-10,13,18H,4,6,11-12H2,1-3H3,(H,20,23)/t18-/m0/s1. The van der Waals surface area contributed by atoms with Gasteiger partial charge in [0, 0.05) is 30.7 Å². The molecule has 0 unspecified atom stereocenters. The maximum atomic E-state index is 12.9. The number of amides is 2. The van der Waals surface area contributed by atoms with Crippen LogP contribution in [0.5, 0.6) is 0 Å². The average Bonchev–Trinajstić information content (AvgIpc) is 3.00. The number of carbonyl (C=O) groups excluding carboxylic acids is 1. The summed E-state index contributed by atoms with van der Waals surface area (Å²) in [6.07, 6.45) is 4.16. The normalized spacial score (nSPS) is 17.0. The smallest absolute Gasteiger partial charge is 0.322 e. The quantitative estimate of drug-likeness (QED) is 0.890. The second kappa shape index (κ2) is 6.49. The zero-order valence-corrected chi connectivity index (χ0v) is 14.2. The van der Waals surface area contributed by atoms with Gasteiger partial charge in [0.2, 0.25) is 0 Å². The molecule has 4 nitrogen and oxygen atoms in total. The molecule has 0 radical (unpaired) electrons. The minimum absolute atomic E-state index is 0.00426. The van der Waals surface area contributed by atoms with E-state index in [2.05, 4.69) is 47.3 Å². The molecular formula is C19H25N3O. The summed E-state index contributed by atoms with van der Waals surface area (Å²) in [7, 11) is 0. The van der Waals surface area contributed by atoms with Crippen molar-refractivity contribution in [1.29, 1.82) is 0 Å². The molecule has 0 spiro atoms. The van der Waals surface area contributed by atoms with Crippen molar-refractivity contribution in [3.63, 3.8) is 0 Å². The van der Waals surface area contributed by atoms with Crippen molar-refractivity contribution in [2.75, 3.05) is 11.9 Å². The second-order valence-electron chi connectivity index (χ2n) is 6.37. The van der Waals surface area contributed by atoms with Crippen LogP contribution in [0.4, 0.5) is 10.5 Å². The van der Waals surface area contributed by atoms with Gasteiger partial charge >= 0.3 is 6.03 Å². The van der Waals surface area contributed by atoms with Crippen LogP contribution in [0.2, 0.25) is 0 Å². The Labute approximate surface area is 138 Å². The number of nitrogens with one attached hydrogen (secondary N) is 1. The highest BCUT2D eigenvalue weighted by Crippen LogP contribution is 2.30. The molecule has 1 aromatic carbocycles. The van der Waals surface area contributed by atoms with Crippen LogP contribution in [0, 0.1) is 13.8 Å². The number of fused-ring (bicyclic) bond motifs is 1. The van der Waals surface area contributed by atoms with Crippen LogP contribution in [0.1, 0.15) is 42.6 Å². The summed E-state index contributed by atoms with van der Waals surface area (Å²) in [6, 6.07) is 10.5. The molecule has 0 fully saturated rings. The molecule has 1 aliphatic rings. The van der Waals surface area contributed by atoms with Gasteiger partial charge in [-0.2, -0.15) is 0 Å². The Morgan fingerprint density at radius 2 is 2.09 bits per heavy atom. The van der Waals surface area contributed by atoms with Gasteiger partial charge in [-0.3, -0.25) is 0 Å². The predicted octanol–water partition coefficient (Wildman–Crippen LogP) is 4.49. The van der Waals surface area contributed by atoms with Gasteiger partial charge < -0.3 is 14.8 Å². The first-order valence-corrected chi connectivity index (χ1v) is 8.40. The lowest BCUT2D eigenvalue weighted by atomic mass is 10.0. The molecule has 0 saturated heterocycles. The van der Waals surface area contributed by atoms with E-state index in [1.54, 1.807) is 0 Å². The fourth-order valence-electron chi connectivity index (χ4n) is 3.34. The number of hydrogen-bond donors (Lipinski definition) is 1.